The van der Waals surface area contributed by atoms with Crippen molar-refractivity contribution in [3.05, 3.63) is 28.8 Å². The topological polar surface area (TPSA) is 61.3 Å². The Morgan fingerprint density at radius 3 is 2.65 bits per heavy atom. The van der Waals surface area contributed by atoms with Gasteiger partial charge in [-0.05, 0) is 6.07 Å². The van der Waals surface area contributed by atoms with Crippen molar-refractivity contribution in [3.63, 3.8) is 0 Å². The Hall–Kier alpha value is -1.82. The minimum Gasteiger partial charge on any atom is -0.493 e. The van der Waals surface area contributed by atoms with Gasteiger partial charge in [-0.1, -0.05) is 16.8 Å². The first-order chi connectivity index (χ1) is 8.04. The molecule has 17 heavy (non-hydrogen) atoms. The number of benzene rings is 1. The van der Waals surface area contributed by atoms with Gasteiger partial charge in [0.25, 0.3) is 0 Å². The summed E-state index contributed by atoms with van der Waals surface area (Å²) in [6.45, 7) is 0. The number of hydrogen-bond acceptors (Lipinski definition) is 4. The van der Waals surface area contributed by atoms with Crippen molar-refractivity contribution in [2.75, 3.05) is 12.8 Å². The van der Waals surface area contributed by atoms with Crippen LogP contribution in [0.25, 0.3) is 11.3 Å². The van der Waals surface area contributed by atoms with Crippen LogP contribution in [-0.4, -0.2) is 12.3 Å². The lowest BCUT2D eigenvalue weighted by atomic mass is 10.1. The van der Waals surface area contributed by atoms with Crippen molar-refractivity contribution >= 4 is 17.4 Å². The van der Waals surface area contributed by atoms with Crippen LogP contribution >= 0.6 is 11.6 Å². The summed E-state index contributed by atoms with van der Waals surface area (Å²) in [7, 11) is 1.20. The van der Waals surface area contributed by atoms with Crippen LogP contribution in [0.15, 0.2) is 16.7 Å². The molecule has 4 nitrogen and oxygen atoms in total. The molecule has 0 atom stereocenters. The van der Waals surface area contributed by atoms with Crippen LogP contribution in [0, 0.1) is 11.6 Å². The Labute approximate surface area is 99.9 Å². The molecule has 7 heteroatoms. The van der Waals surface area contributed by atoms with E-state index in [9.17, 15) is 8.78 Å². The van der Waals surface area contributed by atoms with Gasteiger partial charge in [0.15, 0.2) is 29.0 Å². The third-order valence-corrected chi connectivity index (χ3v) is 2.38. The lowest BCUT2D eigenvalue weighted by molar-refractivity contribution is 0.378. The highest BCUT2D eigenvalue weighted by atomic mass is 35.5. The largest absolute Gasteiger partial charge is 0.493 e. The molecule has 1 aromatic heterocycles. The minimum absolute atomic E-state index is 0.0434. The van der Waals surface area contributed by atoms with E-state index >= 15 is 0 Å². The van der Waals surface area contributed by atoms with Crippen molar-refractivity contribution in [3.8, 4) is 17.1 Å². The van der Waals surface area contributed by atoms with Gasteiger partial charge in [-0.2, -0.15) is 0 Å². The van der Waals surface area contributed by atoms with Gasteiger partial charge in [-0.15, -0.1) is 0 Å². The van der Waals surface area contributed by atoms with Crippen molar-refractivity contribution in [2.24, 2.45) is 0 Å². The van der Waals surface area contributed by atoms with Gasteiger partial charge >= 0.3 is 0 Å². The molecule has 1 heterocycles. The van der Waals surface area contributed by atoms with Gasteiger partial charge in [-0.25, -0.2) is 8.78 Å². The molecule has 0 bridgehead atoms. The lowest BCUT2D eigenvalue weighted by Crippen LogP contribution is -1.96. The molecule has 0 unspecified atom stereocenters. The Morgan fingerprint density at radius 1 is 1.41 bits per heavy atom. The fourth-order valence-corrected chi connectivity index (χ4v) is 1.60. The van der Waals surface area contributed by atoms with Crippen LogP contribution in [0.5, 0.6) is 5.75 Å². The van der Waals surface area contributed by atoms with Crippen molar-refractivity contribution < 1.29 is 18.0 Å². The van der Waals surface area contributed by atoms with Crippen molar-refractivity contribution in [2.45, 2.75) is 0 Å². The summed E-state index contributed by atoms with van der Waals surface area (Å²) in [5, 5.41) is 3.00. The lowest BCUT2D eigenvalue weighted by Gasteiger charge is -2.09. The number of rotatable bonds is 2. The summed E-state index contributed by atoms with van der Waals surface area (Å²) >= 11 is 5.54. The van der Waals surface area contributed by atoms with Crippen LogP contribution < -0.4 is 10.5 Å². The maximum absolute atomic E-state index is 13.8. The zero-order valence-electron chi connectivity index (χ0n) is 8.63. The Bertz CT molecular complexity index is 572. The highest BCUT2D eigenvalue weighted by Crippen LogP contribution is 2.38. The van der Waals surface area contributed by atoms with Crippen molar-refractivity contribution in [1.29, 1.82) is 0 Å². The molecule has 1 aromatic carbocycles. The minimum atomic E-state index is -0.860. The molecule has 0 aliphatic rings. The van der Waals surface area contributed by atoms with Gasteiger partial charge in [-0.3, -0.25) is 0 Å². The average molecular weight is 261 g/mol. The second-order valence-corrected chi connectivity index (χ2v) is 3.59. The highest BCUT2D eigenvalue weighted by molar-refractivity contribution is 6.31. The fourth-order valence-electron chi connectivity index (χ4n) is 1.41. The monoisotopic (exact) mass is 260 g/mol. The Kier molecular flexibility index (Phi) is 2.89. The third-order valence-electron chi connectivity index (χ3n) is 2.11. The number of nitrogen functional groups attached to an aromatic ring is 1. The summed E-state index contributed by atoms with van der Waals surface area (Å²) in [4.78, 5) is 0. The van der Waals surface area contributed by atoms with E-state index < -0.39 is 11.6 Å². The molecule has 2 N–H and O–H groups in total. The number of hydrogen-bond donors (Lipinski definition) is 1. The van der Waals surface area contributed by atoms with Crippen LogP contribution in [-0.2, 0) is 0 Å². The average Bonchev–Trinajstić information content (AvgIpc) is 2.69. The smallest absolute Gasteiger partial charge is 0.175 e. The predicted octanol–water partition coefficient (Wildman–Crippen LogP) is 2.86. The standard InChI is InChI=1S/C10H7ClF2N2O2/c1-16-10-5(12)2-4(11)9(13)8(10)6-3-7(14)15-17-6/h2-3H,1H3,(H2,14,15). The summed E-state index contributed by atoms with van der Waals surface area (Å²) in [6, 6.07) is 2.07. The summed E-state index contributed by atoms with van der Waals surface area (Å²) in [5.41, 5.74) is 5.09. The molecule has 90 valence electrons. The molecule has 0 saturated carbocycles. The SMILES string of the molecule is COc1c(F)cc(Cl)c(F)c1-c1cc(N)no1. The van der Waals surface area contributed by atoms with Gasteiger partial charge in [0.2, 0.25) is 0 Å². The van der Waals surface area contributed by atoms with Gasteiger partial charge < -0.3 is 15.0 Å². The van der Waals surface area contributed by atoms with E-state index in [-0.39, 0.29) is 27.9 Å². The Balaban J connectivity index is 2.74. The maximum atomic E-state index is 13.8. The molecule has 0 radical (unpaired) electrons. The van der Waals surface area contributed by atoms with Gasteiger partial charge in [0.1, 0.15) is 5.56 Å². The quantitative estimate of drug-likeness (QED) is 0.844. The second kappa shape index (κ2) is 4.21. The molecule has 0 aliphatic carbocycles. The Morgan fingerprint density at radius 2 is 2.12 bits per heavy atom. The fraction of sp³-hybridized carbons (Fsp3) is 0.100. The first-order valence-electron chi connectivity index (χ1n) is 4.48. The van der Waals surface area contributed by atoms with Crippen LogP contribution in [0.2, 0.25) is 5.02 Å². The van der Waals surface area contributed by atoms with E-state index in [4.69, 9.17) is 26.6 Å². The summed E-state index contributed by atoms with van der Waals surface area (Å²) < 4.78 is 36.9. The molecule has 0 saturated heterocycles. The third kappa shape index (κ3) is 1.91. The van der Waals surface area contributed by atoms with Gasteiger partial charge in [0, 0.05) is 6.07 Å². The van der Waals surface area contributed by atoms with E-state index in [0.717, 1.165) is 6.07 Å². The molecule has 0 fully saturated rings. The van der Waals surface area contributed by atoms with E-state index in [1.807, 2.05) is 0 Å². The van der Waals surface area contributed by atoms with Crippen LogP contribution in [0.3, 0.4) is 0 Å². The van der Waals surface area contributed by atoms with E-state index in [0.29, 0.717) is 0 Å². The summed E-state index contributed by atoms with van der Waals surface area (Å²) in [6.07, 6.45) is 0. The first-order valence-corrected chi connectivity index (χ1v) is 4.86. The van der Waals surface area contributed by atoms with E-state index in [1.54, 1.807) is 0 Å². The number of nitrogens with two attached hydrogens (primary N) is 1. The predicted molar refractivity (Wildman–Crippen MR) is 57.8 cm³/mol. The first kappa shape index (κ1) is 11.7. The maximum Gasteiger partial charge on any atom is 0.175 e. The van der Waals surface area contributed by atoms with Crippen molar-refractivity contribution in [1.82, 2.24) is 5.16 Å². The number of nitrogens with zero attached hydrogens (tertiary/aromatic N) is 1. The van der Waals surface area contributed by atoms with Crippen LogP contribution in [0.4, 0.5) is 14.6 Å². The zero-order chi connectivity index (χ0) is 12.6. The number of aromatic nitrogens is 1. The van der Waals surface area contributed by atoms with E-state index in [1.165, 1.54) is 13.2 Å². The number of anilines is 1. The van der Waals surface area contributed by atoms with Gasteiger partial charge in [0.05, 0.1) is 12.1 Å². The molecule has 0 aliphatic heterocycles. The number of methoxy groups -OCH3 is 1. The van der Waals surface area contributed by atoms with E-state index in [2.05, 4.69) is 5.16 Å². The molecule has 0 amide bonds. The summed E-state index contributed by atoms with van der Waals surface area (Å²) in [5.74, 6) is -1.99. The molecule has 2 rings (SSSR count). The molecule has 0 spiro atoms. The van der Waals surface area contributed by atoms with Crippen LogP contribution in [0.1, 0.15) is 0 Å². The molecular formula is C10H7ClF2N2O2. The second-order valence-electron chi connectivity index (χ2n) is 3.18. The highest BCUT2D eigenvalue weighted by Gasteiger charge is 2.23. The number of ether oxygens (including phenoxy) is 1. The number of halogens is 3. The molecule has 2 aromatic rings. The molecular weight excluding hydrogens is 254 g/mol. The zero-order valence-corrected chi connectivity index (χ0v) is 9.39. The normalized spacial score (nSPS) is 10.6.